The van der Waals surface area contributed by atoms with E-state index in [0.717, 1.165) is 5.92 Å². The van der Waals surface area contributed by atoms with Crippen LogP contribution in [0.15, 0.2) is 24.3 Å². The van der Waals surface area contributed by atoms with Gasteiger partial charge < -0.3 is 5.73 Å². The fraction of sp³-hybridized carbons (Fsp3) is 0.625. The fourth-order valence-corrected chi connectivity index (χ4v) is 2.85. The molecule has 1 heteroatoms. The van der Waals surface area contributed by atoms with Gasteiger partial charge in [-0.1, -0.05) is 51.0 Å². The summed E-state index contributed by atoms with van der Waals surface area (Å²) in [5, 5.41) is 0. The van der Waals surface area contributed by atoms with E-state index in [9.17, 15) is 0 Å². The van der Waals surface area contributed by atoms with Crippen LogP contribution in [0.3, 0.4) is 0 Å². The van der Waals surface area contributed by atoms with Gasteiger partial charge in [-0.3, -0.25) is 0 Å². The molecule has 2 atom stereocenters. The maximum atomic E-state index is 6.44. The lowest BCUT2D eigenvalue weighted by Crippen LogP contribution is -2.22. The van der Waals surface area contributed by atoms with Crippen molar-refractivity contribution in [2.75, 3.05) is 0 Å². The molecule has 0 saturated heterocycles. The lowest BCUT2D eigenvalue weighted by molar-refractivity contribution is 0.397. The van der Waals surface area contributed by atoms with Gasteiger partial charge in [0.15, 0.2) is 0 Å². The van der Waals surface area contributed by atoms with E-state index < -0.39 is 0 Å². The first-order valence-electron chi connectivity index (χ1n) is 7.08. The Kier molecular flexibility index (Phi) is 4.22. The Bertz CT molecular complexity index is 354. The van der Waals surface area contributed by atoms with Crippen LogP contribution < -0.4 is 5.73 Å². The van der Waals surface area contributed by atoms with E-state index in [1.165, 1.54) is 43.2 Å². The molecule has 0 aromatic heterocycles. The van der Waals surface area contributed by atoms with Crippen molar-refractivity contribution >= 4 is 0 Å². The minimum absolute atomic E-state index is 0.215. The zero-order chi connectivity index (χ0) is 12.3. The molecule has 2 N–H and O–H groups in total. The first-order valence-corrected chi connectivity index (χ1v) is 7.08. The predicted molar refractivity (Wildman–Crippen MR) is 74.0 cm³/mol. The van der Waals surface area contributed by atoms with Gasteiger partial charge >= 0.3 is 0 Å². The highest BCUT2D eigenvalue weighted by Crippen LogP contribution is 2.40. The SMILES string of the molecule is CCCC(C)C(N)c1ccccc1C1CCC1. The van der Waals surface area contributed by atoms with Crippen LogP contribution in [0.25, 0.3) is 0 Å². The van der Waals surface area contributed by atoms with Crippen molar-refractivity contribution < 1.29 is 0 Å². The van der Waals surface area contributed by atoms with Crippen molar-refractivity contribution in [1.82, 2.24) is 0 Å². The molecule has 1 fully saturated rings. The van der Waals surface area contributed by atoms with Gasteiger partial charge in [0.05, 0.1) is 0 Å². The van der Waals surface area contributed by atoms with E-state index in [4.69, 9.17) is 5.73 Å². The van der Waals surface area contributed by atoms with Crippen LogP contribution in [0, 0.1) is 5.92 Å². The second kappa shape index (κ2) is 5.68. The van der Waals surface area contributed by atoms with E-state index in [1.54, 1.807) is 0 Å². The minimum atomic E-state index is 0.215. The zero-order valence-electron chi connectivity index (χ0n) is 11.2. The van der Waals surface area contributed by atoms with Crippen molar-refractivity contribution in [3.05, 3.63) is 35.4 Å². The quantitative estimate of drug-likeness (QED) is 0.799. The second-order valence-corrected chi connectivity index (χ2v) is 5.55. The summed E-state index contributed by atoms with van der Waals surface area (Å²) >= 11 is 0. The van der Waals surface area contributed by atoms with E-state index in [0.29, 0.717) is 5.92 Å². The molecule has 0 spiro atoms. The summed E-state index contributed by atoms with van der Waals surface area (Å²) in [5.41, 5.74) is 9.37. The van der Waals surface area contributed by atoms with Crippen molar-refractivity contribution in [3.8, 4) is 0 Å². The van der Waals surface area contributed by atoms with E-state index in [1.807, 2.05) is 0 Å². The van der Waals surface area contributed by atoms with Crippen LogP contribution in [-0.2, 0) is 0 Å². The first kappa shape index (κ1) is 12.6. The number of hydrogen-bond acceptors (Lipinski definition) is 1. The third-order valence-corrected chi connectivity index (χ3v) is 4.26. The summed E-state index contributed by atoms with van der Waals surface area (Å²) < 4.78 is 0. The molecule has 1 aromatic carbocycles. The Hall–Kier alpha value is -0.820. The van der Waals surface area contributed by atoms with Crippen molar-refractivity contribution in [3.63, 3.8) is 0 Å². The molecule has 0 bridgehead atoms. The molecule has 1 aromatic rings. The lowest BCUT2D eigenvalue weighted by Gasteiger charge is -2.31. The molecule has 1 aliphatic carbocycles. The summed E-state index contributed by atoms with van der Waals surface area (Å²) in [6.07, 6.45) is 6.54. The standard InChI is InChI=1S/C16H25N/c1-3-7-12(2)16(17)15-11-5-4-10-14(15)13-8-6-9-13/h4-5,10-13,16H,3,6-9,17H2,1-2H3. The molecular weight excluding hydrogens is 206 g/mol. The molecule has 0 heterocycles. The normalized spacial score (nSPS) is 19.7. The highest BCUT2D eigenvalue weighted by atomic mass is 14.6. The van der Waals surface area contributed by atoms with Crippen LogP contribution in [0.5, 0.6) is 0 Å². The number of hydrogen-bond donors (Lipinski definition) is 1. The molecule has 0 radical (unpaired) electrons. The molecule has 2 unspecified atom stereocenters. The molecule has 1 nitrogen and oxygen atoms in total. The van der Waals surface area contributed by atoms with Gasteiger partial charge in [-0.15, -0.1) is 0 Å². The Labute approximate surface area is 105 Å². The lowest BCUT2D eigenvalue weighted by atomic mass is 9.76. The van der Waals surface area contributed by atoms with Crippen molar-refractivity contribution in [2.45, 2.75) is 57.9 Å². The minimum Gasteiger partial charge on any atom is -0.324 e. The molecule has 1 saturated carbocycles. The van der Waals surface area contributed by atoms with E-state index in [2.05, 4.69) is 38.1 Å². The highest BCUT2D eigenvalue weighted by Gasteiger charge is 2.25. The molecule has 0 aliphatic heterocycles. The number of rotatable bonds is 5. The van der Waals surface area contributed by atoms with Gasteiger partial charge in [0, 0.05) is 6.04 Å². The van der Waals surface area contributed by atoms with Gasteiger partial charge in [0.1, 0.15) is 0 Å². The molecule has 1 aliphatic rings. The zero-order valence-corrected chi connectivity index (χ0v) is 11.2. The summed E-state index contributed by atoms with van der Waals surface area (Å²) in [4.78, 5) is 0. The second-order valence-electron chi connectivity index (χ2n) is 5.55. The summed E-state index contributed by atoms with van der Waals surface area (Å²) in [5.74, 6) is 1.37. The molecule has 0 amide bonds. The van der Waals surface area contributed by atoms with Gasteiger partial charge in [-0.25, -0.2) is 0 Å². The Balaban J connectivity index is 2.18. The van der Waals surface area contributed by atoms with Crippen molar-refractivity contribution in [1.29, 1.82) is 0 Å². The first-order chi connectivity index (χ1) is 8.24. The third kappa shape index (κ3) is 2.71. The Morgan fingerprint density at radius 2 is 2.00 bits per heavy atom. The van der Waals surface area contributed by atoms with Gasteiger partial charge in [0.25, 0.3) is 0 Å². The molecular formula is C16H25N. The third-order valence-electron chi connectivity index (χ3n) is 4.26. The summed E-state index contributed by atoms with van der Waals surface area (Å²) in [6.45, 7) is 4.52. The monoisotopic (exact) mass is 231 g/mol. The van der Waals surface area contributed by atoms with Crippen LogP contribution in [0.2, 0.25) is 0 Å². The van der Waals surface area contributed by atoms with Crippen LogP contribution >= 0.6 is 0 Å². The largest absolute Gasteiger partial charge is 0.324 e. The number of benzene rings is 1. The Morgan fingerprint density at radius 3 is 2.59 bits per heavy atom. The van der Waals surface area contributed by atoms with Gasteiger partial charge in [0.2, 0.25) is 0 Å². The van der Waals surface area contributed by atoms with E-state index >= 15 is 0 Å². The van der Waals surface area contributed by atoms with Crippen molar-refractivity contribution in [2.24, 2.45) is 11.7 Å². The fourth-order valence-electron chi connectivity index (χ4n) is 2.85. The van der Waals surface area contributed by atoms with Crippen LogP contribution in [0.1, 0.15) is 69.0 Å². The summed E-state index contributed by atoms with van der Waals surface area (Å²) in [6, 6.07) is 9.04. The van der Waals surface area contributed by atoms with Crippen LogP contribution in [0.4, 0.5) is 0 Å². The highest BCUT2D eigenvalue weighted by molar-refractivity contribution is 5.34. The predicted octanol–water partition coefficient (Wildman–Crippen LogP) is 4.39. The molecule has 2 rings (SSSR count). The summed E-state index contributed by atoms with van der Waals surface area (Å²) in [7, 11) is 0. The maximum absolute atomic E-state index is 6.44. The molecule has 17 heavy (non-hydrogen) atoms. The van der Waals surface area contributed by atoms with E-state index in [-0.39, 0.29) is 6.04 Å². The Morgan fingerprint density at radius 1 is 1.29 bits per heavy atom. The van der Waals surface area contributed by atoms with Gasteiger partial charge in [-0.2, -0.15) is 0 Å². The van der Waals surface area contributed by atoms with Crippen LogP contribution in [-0.4, -0.2) is 0 Å². The number of nitrogens with two attached hydrogens (primary N) is 1. The average molecular weight is 231 g/mol. The van der Waals surface area contributed by atoms with Gasteiger partial charge in [-0.05, 0) is 42.2 Å². The average Bonchev–Trinajstić information content (AvgIpc) is 2.27. The maximum Gasteiger partial charge on any atom is 0.0323 e. The smallest absolute Gasteiger partial charge is 0.0323 e. The topological polar surface area (TPSA) is 26.0 Å². The molecule has 94 valence electrons.